The summed E-state index contributed by atoms with van der Waals surface area (Å²) in [6.07, 6.45) is 4.47. The van der Waals surface area contributed by atoms with Crippen LogP contribution in [0.3, 0.4) is 0 Å². The minimum atomic E-state index is -3.28. The Bertz CT molecular complexity index is 2100. The van der Waals surface area contributed by atoms with Gasteiger partial charge in [0.2, 0.25) is 5.91 Å². The number of unbranched alkanes of at least 4 members (excludes halogenated alkanes) is 1. The van der Waals surface area contributed by atoms with Crippen LogP contribution in [0.5, 0.6) is 11.5 Å². The highest BCUT2D eigenvalue weighted by Crippen LogP contribution is 2.56. The summed E-state index contributed by atoms with van der Waals surface area (Å²) in [4.78, 5) is 13.0. The van der Waals surface area contributed by atoms with Crippen molar-refractivity contribution in [2.45, 2.75) is 104 Å². The predicted octanol–water partition coefficient (Wildman–Crippen LogP) is 9.58. The van der Waals surface area contributed by atoms with Gasteiger partial charge in [-0.3, -0.25) is 13.9 Å². The number of nitrogens with zero attached hydrogens (tertiary/aromatic N) is 1. The number of rotatable bonds is 17. The molecule has 1 aliphatic carbocycles. The van der Waals surface area contributed by atoms with E-state index in [1.807, 2.05) is 32.9 Å². The average Bonchev–Trinajstić information content (AvgIpc) is 4.06. The number of carbonyl (C=O) groups excluding carboxylic acids is 1. The number of aliphatic hydroxyl groups is 1. The number of carbonyl (C=O) groups is 1. The van der Waals surface area contributed by atoms with Gasteiger partial charge < -0.3 is 29.4 Å². The van der Waals surface area contributed by atoms with Crippen LogP contribution in [-0.2, 0) is 34.0 Å². The summed E-state index contributed by atoms with van der Waals surface area (Å²) in [5.74, 6) is 1.58. The number of hydrogen-bond acceptors (Lipinski definition) is 10. The van der Waals surface area contributed by atoms with E-state index in [1.165, 1.54) is 52.5 Å². The van der Waals surface area contributed by atoms with Crippen molar-refractivity contribution >= 4 is 16.0 Å². The molecule has 1 aliphatic heterocycles. The maximum absolute atomic E-state index is 10.6. The number of nitrogens with one attached hydrogen (secondary N) is 1. The molecule has 0 atom stereocenters. The quantitative estimate of drug-likeness (QED) is 0.0402. The van der Waals surface area contributed by atoms with Crippen LogP contribution in [0.2, 0.25) is 0 Å². The Balaban J connectivity index is 0.000000363. The van der Waals surface area contributed by atoms with E-state index in [2.05, 4.69) is 134 Å². The van der Waals surface area contributed by atoms with Crippen LogP contribution in [0.25, 0.3) is 11.1 Å². The lowest BCUT2D eigenvalue weighted by Crippen LogP contribution is -2.39. The Morgan fingerprint density at radius 1 is 0.708 bits per heavy atom. The van der Waals surface area contributed by atoms with Gasteiger partial charge in [-0.2, -0.15) is 8.42 Å². The van der Waals surface area contributed by atoms with Crippen molar-refractivity contribution in [3.63, 3.8) is 0 Å². The molecule has 0 unspecified atom stereocenters. The summed E-state index contributed by atoms with van der Waals surface area (Å²) < 4.78 is 48.2. The van der Waals surface area contributed by atoms with Crippen molar-refractivity contribution in [3.8, 4) is 22.6 Å². The number of aliphatic hydroxyl groups excluding tert-OH is 1. The van der Waals surface area contributed by atoms with Gasteiger partial charge in [-0.05, 0) is 132 Å². The number of ether oxygens (including phenoxy) is 4. The summed E-state index contributed by atoms with van der Waals surface area (Å²) in [5, 5.41) is 11.5. The minimum absolute atomic E-state index is 0.0241. The third-order valence-corrected chi connectivity index (χ3v) is 10.7. The highest BCUT2D eigenvalue weighted by molar-refractivity contribution is 7.86. The molecule has 65 heavy (non-hydrogen) atoms. The molecule has 0 spiro atoms. The first kappa shape index (κ1) is 54.8. The van der Waals surface area contributed by atoms with Crippen molar-refractivity contribution in [1.82, 2.24) is 10.2 Å². The summed E-state index contributed by atoms with van der Waals surface area (Å²) in [6, 6.07) is 34.6. The van der Waals surface area contributed by atoms with E-state index in [9.17, 15) is 13.2 Å². The Morgan fingerprint density at radius 3 is 1.49 bits per heavy atom. The van der Waals surface area contributed by atoms with E-state index in [0.29, 0.717) is 38.6 Å². The first-order valence-corrected chi connectivity index (χ1v) is 24.4. The molecule has 4 aromatic rings. The van der Waals surface area contributed by atoms with E-state index in [4.69, 9.17) is 24.1 Å². The third-order valence-electron chi connectivity index (χ3n) is 9.88. The van der Waals surface area contributed by atoms with Gasteiger partial charge in [0.1, 0.15) is 18.1 Å². The molecule has 2 N–H and O–H groups in total. The van der Waals surface area contributed by atoms with Crippen molar-refractivity contribution in [1.29, 1.82) is 0 Å². The average molecular weight is 917 g/mol. The van der Waals surface area contributed by atoms with Crippen LogP contribution >= 0.6 is 0 Å². The molecule has 12 heteroatoms. The zero-order valence-corrected chi connectivity index (χ0v) is 41.7. The van der Waals surface area contributed by atoms with Crippen molar-refractivity contribution in [2.24, 2.45) is 0 Å². The number of hydrogen-bond donors (Lipinski definition) is 2. The van der Waals surface area contributed by atoms with Crippen LogP contribution in [0.1, 0.15) is 104 Å². The van der Waals surface area contributed by atoms with Gasteiger partial charge in [0.25, 0.3) is 10.1 Å². The first-order valence-electron chi connectivity index (χ1n) is 22.6. The molecule has 0 radical (unpaired) electrons. The van der Waals surface area contributed by atoms with E-state index >= 15 is 0 Å². The zero-order valence-electron chi connectivity index (χ0n) is 40.9. The maximum atomic E-state index is 10.6. The molecule has 358 valence electrons. The zero-order chi connectivity index (χ0) is 48.3. The van der Waals surface area contributed by atoms with E-state index in [1.54, 1.807) is 20.8 Å². The van der Waals surface area contributed by atoms with Gasteiger partial charge in [-0.1, -0.05) is 92.7 Å². The largest absolute Gasteiger partial charge is 0.494 e. The fraction of sp³-hybridized carbons (Fsp3) is 0.491. The normalized spacial score (nSPS) is 13.8. The standard InChI is InChI=1S/C35H38O5.C7H13NO.C6H13N.C5H12O3S/c1-2-3-21-39-29-16-12-27(13-17-29)35(33-10-6-4-8-31(33)32-9-5-7-11-34(32)35)28-14-18-30(19-15-28)40-26-25-38-24-23-37-22-20-36;1-5-6(9)8-7(2,3)4;1-6(2,3)7-4-5-7;1-5(2,3)8-9(4,6)7/h4-19,36H,2-3,20-26H2,1H3;5H,1H2,2-4H3,(H,8,9);4-5H2,1-3H3;1-4H3. The van der Waals surface area contributed by atoms with Gasteiger partial charge in [0.05, 0.1) is 56.9 Å². The Morgan fingerprint density at radius 2 is 1.15 bits per heavy atom. The van der Waals surface area contributed by atoms with Gasteiger partial charge in [-0.15, -0.1) is 0 Å². The smallest absolute Gasteiger partial charge is 0.264 e. The molecule has 0 aromatic heterocycles. The number of benzene rings is 4. The topological polar surface area (TPSA) is 133 Å². The number of fused-ring (bicyclic) bond motifs is 3. The highest BCUT2D eigenvalue weighted by Gasteiger charge is 2.45. The summed E-state index contributed by atoms with van der Waals surface area (Å²) in [5.41, 5.74) is 6.73. The second-order valence-electron chi connectivity index (χ2n) is 18.9. The fourth-order valence-electron chi connectivity index (χ4n) is 7.16. The molecular formula is C53H76N2O9S. The molecule has 0 saturated carbocycles. The third kappa shape index (κ3) is 18.7. The summed E-state index contributed by atoms with van der Waals surface area (Å²) in [6.45, 7) is 28.7. The van der Waals surface area contributed by atoms with Crippen molar-refractivity contribution < 1.29 is 41.4 Å². The first-order chi connectivity index (χ1) is 30.6. The van der Waals surface area contributed by atoms with Crippen LogP contribution in [0.15, 0.2) is 110 Å². The molecule has 1 fully saturated rings. The van der Waals surface area contributed by atoms with Gasteiger partial charge >= 0.3 is 0 Å². The second kappa shape index (κ2) is 25.4. The van der Waals surface area contributed by atoms with Crippen LogP contribution in [-0.4, -0.2) is 107 Å². The van der Waals surface area contributed by atoms with E-state index < -0.39 is 21.1 Å². The maximum Gasteiger partial charge on any atom is 0.264 e. The summed E-state index contributed by atoms with van der Waals surface area (Å²) in [7, 11) is -3.28. The molecule has 0 bridgehead atoms. The molecule has 4 aromatic carbocycles. The van der Waals surface area contributed by atoms with Crippen LogP contribution < -0.4 is 14.8 Å². The predicted molar refractivity (Wildman–Crippen MR) is 263 cm³/mol. The van der Waals surface area contributed by atoms with E-state index in [-0.39, 0.29) is 18.1 Å². The summed E-state index contributed by atoms with van der Waals surface area (Å²) >= 11 is 0. The fourth-order valence-corrected chi connectivity index (χ4v) is 8.07. The lowest BCUT2D eigenvalue weighted by Gasteiger charge is -2.34. The van der Waals surface area contributed by atoms with Gasteiger partial charge in [-0.25, -0.2) is 0 Å². The van der Waals surface area contributed by atoms with Crippen LogP contribution in [0, 0.1) is 0 Å². The van der Waals surface area contributed by atoms with Crippen molar-refractivity contribution in [2.75, 3.05) is 65.6 Å². The Hall–Kier alpha value is -4.56. The lowest BCUT2D eigenvalue weighted by atomic mass is 9.68. The molecule has 1 amide bonds. The minimum Gasteiger partial charge on any atom is -0.494 e. The molecule has 1 saturated heterocycles. The molecule has 6 rings (SSSR count). The monoisotopic (exact) mass is 917 g/mol. The molecular weight excluding hydrogens is 841 g/mol. The Kier molecular flexibility index (Phi) is 21.4. The highest BCUT2D eigenvalue weighted by atomic mass is 32.2. The SMILES string of the molecule is C=CC(=O)NC(C)(C)C.CC(C)(C)N1CC1.CC(C)(C)OS(C)(=O)=O.CCCCOc1ccc(C2(c3ccc(OCCOCCOCCO)cc3)c3ccccc3-c3ccccc32)cc1. The van der Waals surface area contributed by atoms with Gasteiger partial charge in [0.15, 0.2) is 0 Å². The molecule has 2 aliphatic rings. The second-order valence-corrected chi connectivity index (χ2v) is 20.5. The van der Waals surface area contributed by atoms with Gasteiger partial charge in [0, 0.05) is 24.2 Å². The Labute approximate surface area is 390 Å². The molecule has 11 nitrogen and oxygen atoms in total. The molecule has 1 heterocycles. The lowest BCUT2D eigenvalue weighted by molar-refractivity contribution is -0.117. The van der Waals surface area contributed by atoms with Crippen molar-refractivity contribution in [3.05, 3.63) is 132 Å². The van der Waals surface area contributed by atoms with Crippen LogP contribution in [0.4, 0.5) is 0 Å². The number of amides is 1. The van der Waals surface area contributed by atoms with E-state index in [0.717, 1.165) is 37.2 Å².